The van der Waals surface area contributed by atoms with Crippen LogP contribution in [0, 0.1) is 20.8 Å². The zero-order valence-corrected chi connectivity index (χ0v) is 15.5. The van der Waals surface area contributed by atoms with Gasteiger partial charge < -0.3 is 16.0 Å². The molecule has 2 aromatic rings. The first kappa shape index (κ1) is 19.5. The molecular weight excluding hydrogens is 354 g/mol. The van der Waals surface area contributed by atoms with Crippen molar-refractivity contribution in [1.82, 2.24) is 5.32 Å². The maximum absolute atomic E-state index is 11.9. The van der Waals surface area contributed by atoms with E-state index in [1.54, 1.807) is 37.3 Å². The smallest absolute Gasteiger partial charge is 0.313 e. The van der Waals surface area contributed by atoms with Crippen LogP contribution in [-0.2, 0) is 14.4 Å². The molecular formula is C19H20ClN3O3. The minimum absolute atomic E-state index is 0.328. The highest BCUT2D eigenvalue weighted by atomic mass is 35.5. The minimum Gasteiger partial charge on any atom is -0.339 e. The Bertz CT molecular complexity index is 865. The highest BCUT2D eigenvalue weighted by Gasteiger charge is 2.15. The van der Waals surface area contributed by atoms with Crippen molar-refractivity contribution < 1.29 is 14.4 Å². The third-order valence-electron chi connectivity index (χ3n) is 3.92. The summed E-state index contributed by atoms with van der Waals surface area (Å²) in [5.74, 6) is -2.18. The van der Waals surface area contributed by atoms with Crippen molar-refractivity contribution in [3.63, 3.8) is 0 Å². The van der Waals surface area contributed by atoms with Gasteiger partial charge in [-0.1, -0.05) is 23.7 Å². The standard InChI is InChI=1S/C19H20ClN3O3/c1-11-7-8-14(9-12(11)2)22-19(26)18(25)21-10-17(24)23-16-6-4-5-15(20)13(16)3/h4-9H,10H2,1-3H3,(H,21,25)(H,22,26)(H,23,24). The van der Waals surface area contributed by atoms with Gasteiger partial charge in [0.05, 0.1) is 6.54 Å². The zero-order valence-electron chi connectivity index (χ0n) is 14.8. The average molecular weight is 374 g/mol. The number of nitrogens with one attached hydrogen (secondary N) is 3. The van der Waals surface area contributed by atoms with Crippen LogP contribution in [0.5, 0.6) is 0 Å². The molecule has 6 nitrogen and oxygen atoms in total. The predicted molar refractivity (Wildman–Crippen MR) is 102 cm³/mol. The molecule has 3 N–H and O–H groups in total. The number of rotatable bonds is 4. The predicted octanol–water partition coefficient (Wildman–Crippen LogP) is 2.96. The molecule has 0 aromatic heterocycles. The van der Waals surface area contributed by atoms with E-state index in [2.05, 4.69) is 16.0 Å². The third-order valence-corrected chi connectivity index (χ3v) is 4.33. The summed E-state index contributed by atoms with van der Waals surface area (Å²) in [7, 11) is 0. The molecule has 2 rings (SSSR count). The molecule has 0 fully saturated rings. The van der Waals surface area contributed by atoms with E-state index in [1.807, 2.05) is 19.9 Å². The molecule has 0 radical (unpaired) electrons. The lowest BCUT2D eigenvalue weighted by Gasteiger charge is -2.10. The largest absolute Gasteiger partial charge is 0.339 e. The molecule has 0 heterocycles. The molecule has 0 aliphatic heterocycles. The van der Waals surface area contributed by atoms with Crippen molar-refractivity contribution >= 4 is 40.7 Å². The van der Waals surface area contributed by atoms with Gasteiger partial charge in [0.2, 0.25) is 5.91 Å². The molecule has 2 aromatic carbocycles. The topological polar surface area (TPSA) is 87.3 Å². The van der Waals surface area contributed by atoms with E-state index in [9.17, 15) is 14.4 Å². The average Bonchev–Trinajstić information content (AvgIpc) is 2.60. The number of anilines is 2. The summed E-state index contributed by atoms with van der Waals surface area (Å²) < 4.78 is 0. The third kappa shape index (κ3) is 5.07. The Balaban J connectivity index is 1.87. The Labute approximate surface area is 156 Å². The van der Waals surface area contributed by atoms with Crippen LogP contribution >= 0.6 is 11.6 Å². The van der Waals surface area contributed by atoms with Crippen molar-refractivity contribution in [1.29, 1.82) is 0 Å². The van der Waals surface area contributed by atoms with Crippen molar-refractivity contribution in [3.8, 4) is 0 Å². The van der Waals surface area contributed by atoms with Gasteiger partial charge >= 0.3 is 11.8 Å². The summed E-state index contributed by atoms with van der Waals surface area (Å²) in [6.07, 6.45) is 0. The summed E-state index contributed by atoms with van der Waals surface area (Å²) in [5, 5.41) is 7.95. The Kier molecular flexibility index (Phi) is 6.36. The van der Waals surface area contributed by atoms with Crippen molar-refractivity contribution in [2.24, 2.45) is 0 Å². The van der Waals surface area contributed by atoms with Crippen LogP contribution in [0.4, 0.5) is 11.4 Å². The number of aryl methyl sites for hydroxylation is 2. The summed E-state index contributed by atoms with van der Waals surface area (Å²) in [4.78, 5) is 35.7. The molecule has 0 saturated heterocycles. The Hall–Kier alpha value is -2.86. The first-order chi connectivity index (χ1) is 12.3. The molecule has 0 bridgehead atoms. The fraction of sp³-hybridized carbons (Fsp3) is 0.211. The molecule has 136 valence electrons. The molecule has 26 heavy (non-hydrogen) atoms. The first-order valence-corrected chi connectivity index (χ1v) is 8.37. The maximum Gasteiger partial charge on any atom is 0.313 e. The van der Waals surface area contributed by atoms with Gasteiger partial charge in [0.25, 0.3) is 0 Å². The lowest BCUT2D eigenvalue weighted by atomic mass is 10.1. The number of benzene rings is 2. The van der Waals surface area contributed by atoms with Gasteiger partial charge in [0, 0.05) is 16.4 Å². The molecule has 7 heteroatoms. The summed E-state index contributed by atoms with van der Waals surface area (Å²) in [6.45, 7) is 5.31. The zero-order chi connectivity index (χ0) is 19.3. The summed E-state index contributed by atoms with van der Waals surface area (Å²) in [5.41, 5.74) is 3.88. The lowest BCUT2D eigenvalue weighted by Crippen LogP contribution is -2.39. The Morgan fingerprint density at radius 1 is 0.923 bits per heavy atom. The second kappa shape index (κ2) is 8.49. The van der Waals surface area contributed by atoms with Gasteiger partial charge in [-0.2, -0.15) is 0 Å². The van der Waals surface area contributed by atoms with E-state index in [0.717, 1.165) is 16.7 Å². The van der Waals surface area contributed by atoms with Crippen molar-refractivity contribution in [3.05, 3.63) is 58.1 Å². The molecule has 0 spiro atoms. The number of carbonyl (C=O) groups is 3. The van der Waals surface area contributed by atoms with Gasteiger partial charge in [0.1, 0.15) is 0 Å². The second-order valence-electron chi connectivity index (χ2n) is 5.90. The van der Waals surface area contributed by atoms with Crippen LogP contribution in [0.15, 0.2) is 36.4 Å². The fourth-order valence-corrected chi connectivity index (χ4v) is 2.36. The van der Waals surface area contributed by atoms with Crippen LogP contribution in [0.2, 0.25) is 5.02 Å². The quantitative estimate of drug-likeness (QED) is 0.720. The molecule has 3 amide bonds. The van der Waals surface area contributed by atoms with E-state index < -0.39 is 17.7 Å². The van der Waals surface area contributed by atoms with Crippen LogP contribution in [0.3, 0.4) is 0 Å². The van der Waals surface area contributed by atoms with Gasteiger partial charge in [-0.05, 0) is 61.7 Å². The van der Waals surface area contributed by atoms with Crippen molar-refractivity contribution in [2.75, 3.05) is 17.2 Å². The van der Waals surface area contributed by atoms with Crippen LogP contribution in [0.1, 0.15) is 16.7 Å². The SMILES string of the molecule is Cc1ccc(NC(=O)C(=O)NCC(=O)Nc2cccc(Cl)c2C)cc1C. The van der Waals surface area contributed by atoms with Gasteiger partial charge in [-0.15, -0.1) is 0 Å². The monoisotopic (exact) mass is 373 g/mol. The molecule has 0 atom stereocenters. The molecule has 0 unspecified atom stereocenters. The minimum atomic E-state index is -0.888. The normalized spacial score (nSPS) is 10.2. The number of carbonyl (C=O) groups excluding carboxylic acids is 3. The lowest BCUT2D eigenvalue weighted by molar-refractivity contribution is -0.136. The van der Waals surface area contributed by atoms with E-state index in [1.165, 1.54) is 0 Å². The molecule has 0 aliphatic rings. The van der Waals surface area contributed by atoms with Crippen LogP contribution in [0.25, 0.3) is 0 Å². The van der Waals surface area contributed by atoms with E-state index >= 15 is 0 Å². The number of hydrogen-bond donors (Lipinski definition) is 3. The first-order valence-electron chi connectivity index (χ1n) is 7.99. The molecule has 0 aliphatic carbocycles. The number of halogens is 1. The van der Waals surface area contributed by atoms with E-state index in [4.69, 9.17) is 11.6 Å². The van der Waals surface area contributed by atoms with Crippen molar-refractivity contribution in [2.45, 2.75) is 20.8 Å². The Morgan fingerprint density at radius 2 is 1.65 bits per heavy atom. The summed E-state index contributed by atoms with van der Waals surface area (Å²) in [6, 6.07) is 10.5. The highest BCUT2D eigenvalue weighted by Crippen LogP contribution is 2.22. The maximum atomic E-state index is 11.9. The van der Waals surface area contributed by atoms with Gasteiger partial charge in [0.15, 0.2) is 0 Å². The fourth-order valence-electron chi connectivity index (χ4n) is 2.19. The van der Waals surface area contributed by atoms with Crippen LogP contribution in [-0.4, -0.2) is 24.3 Å². The van der Waals surface area contributed by atoms with Gasteiger partial charge in [-0.25, -0.2) is 0 Å². The molecule has 0 saturated carbocycles. The summed E-state index contributed by atoms with van der Waals surface area (Å²) >= 11 is 5.99. The second-order valence-corrected chi connectivity index (χ2v) is 6.30. The number of amides is 3. The van der Waals surface area contributed by atoms with Gasteiger partial charge in [-0.3, -0.25) is 14.4 Å². The van der Waals surface area contributed by atoms with Crippen LogP contribution < -0.4 is 16.0 Å². The van der Waals surface area contributed by atoms with E-state index in [0.29, 0.717) is 16.4 Å². The van der Waals surface area contributed by atoms with E-state index in [-0.39, 0.29) is 6.54 Å². The number of hydrogen-bond acceptors (Lipinski definition) is 3. The highest BCUT2D eigenvalue weighted by molar-refractivity contribution is 6.40. The Morgan fingerprint density at radius 3 is 2.35 bits per heavy atom.